The van der Waals surface area contributed by atoms with Crippen LogP contribution in [0.15, 0.2) is 33.2 Å². The highest BCUT2D eigenvalue weighted by atomic mass is 79.9. The molecule has 1 aromatic heterocycles. The Hall–Kier alpha value is -1.34. The van der Waals surface area contributed by atoms with Crippen LogP contribution in [0.5, 0.6) is 5.88 Å². The number of aromatic nitrogens is 2. The van der Waals surface area contributed by atoms with Gasteiger partial charge in [0.1, 0.15) is 5.82 Å². The van der Waals surface area contributed by atoms with Crippen LogP contribution in [0, 0.1) is 0 Å². The van der Waals surface area contributed by atoms with Crippen molar-refractivity contribution < 1.29 is 4.74 Å². The quantitative estimate of drug-likeness (QED) is 0.863. The van der Waals surface area contributed by atoms with E-state index in [0.717, 1.165) is 14.6 Å². The predicted octanol–water partition coefficient (Wildman–Crippen LogP) is 3.34. The fourth-order valence-corrected chi connectivity index (χ4v) is 2.49. The van der Waals surface area contributed by atoms with E-state index in [1.165, 1.54) is 7.11 Å². The minimum Gasteiger partial charge on any atom is -0.481 e. The Balaban J connectivity index is 2.30. The molecule has 0 aliphatic carbocycles. The SMILES string of the molecule is COc1cc(Nc2ccc(Br)cc2Br)nc(N)n1. The van der Waals surface area contributed by atoms with Crippen molar-refractivity contribution in [2.24, 2.45) is 0 Å². The van der Waals surface area contributed by atoms with Gasteiger partial charge >= 0.3 is 0 Å². The second-order valence-electron chi connectivity index (χ2n) is 3.40. The van der Waals surface area contributed by atoms with E-state index in [1.807, 2.05) is 18.2 Å². The lowest BCUT2D eigenvalue weighted by Crippen LogP contribution is -2.02. The van der Waals surface area contributed by atoms with Crippen LogP contribution in [0.25, 0.3) is 0 Å². The molecule has 0 spiro atoms. The van der Waals surface area contributed by atoms with Crippen molar-refractivity contribution in [1.82, 2.24) is 9.97 Å². The largest absolute Gasteiger partial charge is 0.481 e. The van der Waals surface area contributed by atoms with E-state index < -0.39 is 0 Å². The van der Waals surface area contributed by atoms with Gasteiger partial charge in [0.15, 0.2) is 0 Å². The summed E-state index contributed by atoms with van der Waals surface area (Å²) < 4.78 is 6.93. The summed E-state index contributed by atoms with van der Waals surface area (Å²) in [6.45, 7) is 0. The lowest BCUT2D eigenvalue weighted by molar-refractivity contribution is 0.398. The van der Waals surface area contributed by atoms with Gasteiger partial charge in [-0.25, -0.2) is 0 Å². The molecule has 0 aliphatic heterocycles. The number of ether oxygens (including phenoxy) is 1. The van der Waals surface area contributed by atoms with Gasteiger partial charge in [0.05, 0.1) is 12.8 Å². The minimum absolute atomic E-state index is 0.157. The summed E-state index contributed by atoms with van der Waals surface area (Å²) >= 11 is 6.85. The first-order valence-electron chi connectivity index (χ1n) is 4.99. The molecule has 5 nitrogen and oxygen atoms in total. The Labute approximate surface area is 121 Å². The minimum atomic E-state index is 0.157. The monoisotopic (exact) mass is 372 g/mol. The smallest absolute Gasteiger partial charge is 0.225 e. The number of anilines is 3. The first-order valence-corrected chi connectivity index (χ1v) is 6.57. The average Bonchev–Trinajstić information content (AvgIpc) is 2.32. The fraction of sp³-hybridized carbons (Fsp3) is 0.0909. The molecule has 0 bridgehead atoms. The number of nitrogens with one attached hydrogen (secondary N) is 1. The molecule has 0 atom stereocenters. The summed E-state index contributed by atoms with van der Waals surface area (Å²) in [4.78, 5) is 8.00. The van der Waals surface area contributed by atoms with E-state index in [2.05, 4.69) is 47.1 Å². The van der Waals surface area contributed by atoms with E-state index in [1.54, 1.807) is 6.07 Å². The third-order valence-corrected chi connectivity index (χ3v) is 3.27. The molecule has 94 valence electrons. The van der Waals surface area contributed by atoms with Crippen molar-refractivity contribution in [2.75, 3.05) is 18.2 Å². The first-order chi connectivity index (χ1) is 8.58. The normalized spacial score (nSPS) is 10.2. The molecule has 3 N–H and O–H groups in total. The van der Waals surface area contributed by atoms with Crippen molar-refractivity contribution in [2.45, 2.75) is 0 Å². The van der Waals surface area contributed by atoms with Crippen molar-refractivity contribution in [3.05, 3.63) is 33.2 Å². The van der Waals surface area contributed by atoms with Gasteiger partial charge < -0.3 is 15.8 Å². The number of rotatable bonds is 3. The summed E-state index contributed by atoms with van der Waals surface area (Å²) in [6.07, 6.45) is 0. The zero-order chi connectivity index (χ0) is 13.1. The topological polar surface area (TPSA) is 73.1 Å². The number of nitrogen functional groups attached to an aromatic ring is 1. The third kappa shape index (κ3) is 3.11. The Kier molecular flexibility index (Phi) is 4.03. The number of nitrogens with two attached hydrogens (primary N) is 1. The van der Waals surface area contributed by atoms with Gasteiger partial charge in [-0.1, -0.05) is 15.9 Å². The average molecular weight is 374 g/mol. The van der Waals surface area contributed by atoms with E-state index in [9.17, 15) is 0 Å². The van der Waals surface area contributed by atoms with Crippen molar-refractivity contribution in [3.63, 3.8) is 0 Å². The molecule has 7 heteroatoms. The van der Waals surface area contributed by atoms with Crippen LogP contribution in [-0.4, -0.2) is 17.1 Å². The number of nitrogens with zero attached hydrogens (tertiary/aromatic N) is 2. The number of hydrogen-bond acceptors (Lipinski definition) is 5. The highest BCUT2D eigenvalue weighted by Crippen LogP contribution is 2.29. The predicted molar refractivity (Wildman–Crippen MR) is 78.1 cm³/mol. The van der Waals surface area contributed by atoms with Gasteiger partial charge in [-0.05, 0) is 34.1 Å². The van der Waals surface area contributed by atoms with Crippen LogP contribution in [0.2, 0.25) is 0 Å². The molecule has 0 fully saturated rings. The second-order valence-corrected chi connectivity index (χ2v) is 5.17. The summed E-state index contributed by atoms with van der Waals surface area (Å²) in [5, 5.41) is 3.14. The van der Waals surface area contributed by atoms with E-state index >= 15 is 0 Å². The van der Waals surface area contributed by atoms with E-state index in [4.69, 9.17) is 10.5 Å². The molecular formula is C11H10Br2N4O. The molecule has 0 aliphatic rings. The molecule has 2 aromatic rings. The zero-order valence-electron chi connectivity index (χ0n) is 9.45. The van der Waals surface area contributed by atoms with Crippen LogP contribution in [0.3, 0.4) is 0 Å². The Morgan fingerprint density at radius 3 is 2.67 bits per heavy atom. The van der Waals surface area contributed by atoms with Crippen LogP contribution in [-0.2, 0) is 0 Å². The van der Waals surface area contributed by atoms with Gasteiger partial charge in [-0.2, -0.15) is 9.97 Å². The maximum Gasteiger partial charge on any atom is 0.225 e. The number of methoxy groups -OCH3 is 1. The molecule has 1 heterocycles. The number of halogens is 2. The summed E-state index contributed by atoms with van der Waals surface area (Å²) in [5.74, 6) is 1.14. The molecule has 0 amide bonds. The molecule has 0 radical (unpaired) electrons. The highest BCUT2D eigenvalue weighted by Gasteiger charge is 2.05. The van der Waals surface area contributed by atoms with Crippen LogP contribution < -0.4 is 15.8 Å². The van der Waals surface area contributed by atoms with Gasteiger partial charge in [-0.3, -0.25) is 0 Å². The first kappa shape index (κ1) is 13.1. The van der Waals surface area contributed by atoms with Crippen LogP contribution in [0.1, 0.15) is 0 Å². The molecule has 18 heavy (non-hydrogen) atoms. The van der Waals surface area contributed by atoms with Crippen molar-refractivity contribution >= 4 is 49.3 Å². The second kappa shape index (κ2) is 5.53. The zero-order valence-corrected chi connectivity index (χ0v) is 12.6. The van der Waals surface area contributed by atoms with Crippen molar-refractivity contribution in [1.29, 1.82) is 0 Å². The highest BCUT2D eigenvalue weighted by molar-refractivity contribution is 9.11. The lowest BCUT2D eigenvalue weighted by Gasteiger charge is -2.09. The Morgan fingerprint density at radius 1 is 1.22 bits per heavy atom. The molecule has 2 rings (SSSR count). The number of hydrogen-bond donors (Lipinski definition) is 2. The third-order valence-electron chi connectivity index (χ3n) is 2.12. The lowest BCUT2D eigenvalue weighted by atomic mass is 10.3. The van der Waals surface area contributed by atoms with Gasteiger partial charge in [0, 0.05) is 15.0 Å². The standard InChI is InChI=1S/C11H10Br2N4O/c1-18-10-5-9(16-11(14)17-10)15-8-3-2-6(12)4-7(8)13/h2-5H,1H3,(H3,14,15,16,17). The van der Waals surface area contributed by atoms with Crippen LogP contribution in [0.4, 0.5) is 17.5 Å². The van der Waals surface area contributed by atoms with Gasteiger partial charge in [0.25, 0.3) is 0 Å². The van der Waals surface area contributed by atoms with Gasteiger partial charge in [-0.15, -0.1) is 0 Å². The molecule has 0 saturated heterocycles. The maximum absolute atomic E-state index is 5.59. The van der Waals surface area contributed by atoms with E-state index in [0.29, 0.717) is 11.7 Å². The van der Waals surface area contributed by atoms with Gasteiger partial charge in [0.2, 0.25) is 11.8 Å². The summed E-state index contributed by atoms with van der Waals surface area (Å²) in [7, 11) is 1.53. The summed E-state index contributed by atoms with van der Waals surface area (Å²) in [5.41, 5.74) is 6.46. The van der Waals surface area contributed by atoms with E-state index in [-0.39, 0.29) is 5.95 Å². The Morgan fingerprint density at radius 2 is 2.00 bits per heavy atom. The van der Waals surface area contributed by atoms with Crippen molar-refractivity contribution in [3.8, 4) is 5.88 Å². The molecule has 1 aromatic carbocycles. The fourth-order valence-electron chi connectivity index (χ4n) is 1.34. The number of benzene rings is 1. The molecule has 0 saturated carbocycles. The maximum atomic E-state index is 5.59. The molecule has 0 unspecified atom stereocenters. The Bertz CT molecular complexity index is 577. The van der Waals surface area contributed by atoms with Crippen LogP contribution >= 0.6 is 31.9 Å². The molecular weight excluding hydrogens is 364 g/mol. The summed E-state index contributed by atoms with van der Waals surface area (Å²) in [6, 6.07) is 7.45.